The SMILES string of the molecule is Cc1nn(C)c(C)c1C(=O)C(=O)Nc1ccc2c(c1)CCC2. The molecule has 22 heavy (non-hydrogen) atoms. The number of fused-ring (bicyclic) bond motifs is 1. The second-order valence-corrected chi connectivity index (χ2v) is 5.79. The molecule has 5 nitrogen and oxygen atoms in total. The first-order valence-electron chi connectivity index (χ1n) is 7.45. The van der Waals surface area contributed by atoms with Gasteiger partial charge in [-0.2, -0.15) is 5.10 Å². The first kappa shape index (κ1) is 14.5. The minimum absolute atomic E-state index is 0.390. The van der Waals surface area contributed by atoms with Gasteiger partial charge in [0.05, 0.1) is 11.3 Å². The van der Waals surface area contributed by atoms with Crippen LogP contribution in [0.3, 0.4) is 0 Å². The van der Waals surface area contributed by atoms with Gasteiger partial charge in [0.25, 0.3) is 11.7 Å². The van der Waals surface area contributed by atoms with Crippen LogP contribution in [0.15, 0.2) is 18.2 Å². The zero-order valence-electron chi connectivity index (χ0n) is 13.1. The summed E-state index contributed by atoms with van der Waals surface area (Å²) in [6.45, 7) is 3.53. The van der Waals surface area contributed by atoms with Crippen LogP contribution in [-0.2, 0) is 24.7 Å². The van der Waals surface area contributed by atoms with Gasteiger partial charge in [-0.1, -0.05) is 6.07 Å². The minimum Gasteiger partial charge on any atom is -0.319 e. The fourth-order valence-corrected chi connectivity index (χ4v) is 3.05. The fourth-order valence-electron chi connectivity index (χ4n) is 3.05. The van der Waals surface area contributed by atoms with Crippen LogP contribution in [0.5, 0.6) is 0 Å². The van der Waals surface area contributed by atoms with Crippen molar-refractivity contribution in [1.29, 1.82) is 0 Å². The number of benzene rings is 1. The molecule has 0 unspecified atom stereocenters. The molecule has 1 aliphatic rings. The molecule has 1 amide bonds. The molecule has 0 spiro atoms. The average Bonchev–Trinajstić information content (AvgIpc) is 3.03. The standard InChI is InChI=1S/C17H19N3O2/c1-10-15(11(2)20(3)19-10)16(21)17(22)18-14-8-7-12-5-4-6-13(12)9-14/h7-9H,4-6H2,1-3H3,(H,18,22). The summed E-state index contributed by atoms with van der Waals surface area (Å²) < 4.78 is 1.62. The maximum atomic E-state index is 12.4. The van der Waals surface area contributed by atoms with Gasteiger partial charge in [-0.3, -0.25) is 14.3 Å². The molecule has 5 heteroatoms. The number of carbonyl (C=O) groups is 2. The molecule has 1 aromatic heterocycles. The van der Waals surface area contributed by atoms with E-state index in [9.17, 15) is 9.59 Å². The van der Waals surface area contributed by atoms with Crippen LogP contribution in [0.25, 0.3) is 0 Å². The Morgan fingerprint density at radius 3 is 2.59 bits per heavy atom. The maximum Gasteiger partial charge on any atom is 0.296 e. The molecule has 1 N–H and O–H groups in total. The van der Waals surface area contributed by atoms with Crippen LogP contribution in [0.4, 0.5) is 5.69 Å². The lowest BCUT2D eigenvalue weighted by atomic mass is 10.1. The number of rotatable bonds is 3. The molecule has 114 valence electrons. The van der Waals surface area contributed by atoms with Crippen molar-refractivity contribution in [3.63, 3.8) is 0 Å². The third-order valence-corrected chi connectivity index (χ3v) is 4.30. The summed E-state index contributed by atoms with van der Waals surface area (Å²) in [5.41, 5.74) is 4.95. The van der Waals surface area contributed by atoms with Gasteiger partial charge in [-0.05, 0) is 56.4 Å². The van der Waals surface area contributed by atoms with E-state index < -0.39 is 11.7 Å². The van der Waals surface area contributed by atoms with Crippen LogP contribution in [0.1, 0.15) is 39.3 Å². The largest absolute Gasteiger partial charge is 0.319 e. The number of aryl methyl sites for hydroxylation is 4. The van der Waals surface area contributed by atoms with Crippen molar-refractivity contribution < 1.29 is 9.59 Å². The van der Waals surface area contributed by atoms with Gasteiger partial charge in [0.1, 0.15) is 0 Å². The van der Waals surface area contributed by atoms with Gasteiger partial charge in [0, 0.05) is 18.4 Å². The first-order valence-corrected chi connectivity index (χ1v) is 7.45. The predicted molar refractivity (Wildman–Crippen MR) is 84.1 cm³/mol. The fraction of sp³-hybridized carbons (Fsp3) is 0.353. The number of Topliss-reactive ketones (excluding diaryl/α,β-unsaturated/α-hetero) is 1. The Balaban J connectivity index is 1.81. The van der Waals surface area contributed by atoms with Crippen LogP contribution >= 0.6 is 0 Å². The van der Waals surface area contributed by atoms with Gasteiger partial charge in [0.15, 0.2) is 0 Å². The highest BCUT2D eigenvalue weighted by Gasteiger charge is 2.24. The molecule has 1 aromatic carbocycles. The summed E-state index contributed by atoms with van der Waals surface area (Å²) in [5, 5.41) is 6.89. The number of nitrogens with zero attached hydrogens (tertiary/aromatic N) is 2. The number of hydrogen-bond acceptors (Lipinski definition) is 3. The van der Waals surface area contributed by atoms with Crippen molar-refractivity contribution >= 4 is 17.4 Å². The number of amides is 1. The second-order valence-electron chi connectivity index (χ2n) is 5.79. The van der Waals surface area contributed by atoms with E-state index >= 15 is 0 Å². The minimum atomic E-state index is -0.614. The summed E-state index contributed by atoms with van der Waals surface area (Å²) in [6, 6.07) is 5.86. The molecule has 0 radical (unpaired) electrons. The number of aromatic nitrogens is 2. The Morgan fingerprint density at radius 1 is 1.18 bits per heavy atom. The number of anilines is 1. The van der Waals surface area contributed by atoms with Gasteiger partial charge in [0.2, 0.25) is 0 Å². The van der Waals surface area contributed by atoms with Crippen molar-refractivity contribution in [2.45, 2.75) is 33.1 Å². The molecule has 0 aliphatic heterocycles. The molecule has 1 heterocycles. The normalized spacial score (nSPS) is 13.0. The van der Waals surface area contributed by atoms with Crippen molar-refractivity contribution in [3.8, 4) is 0 Å². The summed E-state index contributed by atoms with van der Waals surface area (Å²) >= 11 is 0. The number of carbonyl (C=O) groups excluding carboxylic acids is 2. The summed E-state index contributed by atoms with van der Waals surface area (Å²) in [7, 11) is 1.76. The van der Waals surface area contributed by atoms with Crippen LogP contribution in [0.2, 0.25) is 0 Å². The van der Waals surface area contributed by atoms with E-state index in [0.717, 1.165) is 19.3 Å². The lowest BCUT2D eigenvalue weighted by Crippen LogP contribution is -2.24. The summed E-state index contributed by atoms with van der Waals surface area (Å²) in [4.78, 5) is 24.6. The maximum absolute atomic E-state index is 12.4. The summed E-state index contributed by atoms with van der Waals surface area (Å²) in [6.07, 6.45) is 3.28. The van der Waals surface area contributed by atoms with E-state index in [1.165, 1.54) is 11.1 Å². The van der Waals surface area contributed by atoms with E-state index in [2.05, 4.69) is 10.4 Å². The smallest absolute Gasteiger partial charge is 0.296 e. The van der Waals surface area contributed by atoms with E-state index in [4.69, 9.17) is 0 Å². The van der Waals surface area contributed by atoms with Gasteiger partial charge < -0.3 is 5.32 Å². The summed E-state index contributed by atoms with van der Waals surface area (Å²) in [5.74, 6) is -1.15. The highest BCUT2D eigenvalue weighted by molar-refractivity contribution is 6.47. The third kappa shape index (κ3) is 2.43. The average molecular weight is 297 g/mol. The van der Waals surface area contributed by atoms with Crippen LogP contribution in [0, 0.1) is 13.8 Å². The Morgan fingerprint density at radius 2 is 1.91 bits per heavy atom. The Kier molecular flexibility index (Phi) is 3.56. The van der Waals surface area contributed by atoms with Crippen molar-refractivity contribution in [2.75, 3.05) is 5.32 Å². The molecule has 3 rings (SSSR count). The number of nitrogens with one attached hydrogen (secondary N) is 1. The molecular weight excluding hydrogens is 278 g/mol. The zero-order valence-corrected chi connectivity index (χ0v) is 13.1. The number of ketones is 1. The Hall–Kier alpha value is -2.43. The Labute approximate surface area is 129 Å². The number of hydrogen-bond donors (Lipinski definition) is 1. The van der Waals surface area contributed by atoms with E-state index in [-0.39, 0.29) is 0 Å². The van der Waals surface area contributed by atoms with E-state index in [1.807, 2.05) is 18.2 Å². The van der Waals surface area contributed by atoms with Crippen LogP contribution in [-0.4, -0.2) is 21.5 Å². The van der Waals surface area contributed by atoms with Gasteiger partial charge in [-0.15, -0.1) is 0 Å². The third-order valence-electron chi connectivity index (χ3n) is 4.30. The highest BCUT2D eigenvalue weighted by Crippen LogP contribution is 2.25. The Bertz CT molecular complexity index is 774. The molecule has 0 saturated carbocycles. The lowest BCUT2D eigenvalue weighted by Gasteiger charge is -2.07. The molecule has 0 saturated heterocycles. The topological polar surface area (TPSA) is 64.0 Å². The van der Waals surface area contributed by atoms with Crippen molar-refractivity contribution in [3.05, 3.63) is 46.3 Å². The first-order chi connectivity index (χ1) is 10.5. The van der Waals surface area contributed by atoms with E-state index in [0.29, 0.717) is 22.6 Å². The highest BCUT2D eigenvalue weighted by atomic mass is 16.2. The molecule has 1 aliphatic carbocycles. The monoisotopic (exact) mass is 297 g/mol. The van der Waals surface area contributed by atoms with E-state index in [1.54, 1.807) is 25.6 Å². The molecule has 0 atom stereocenters. The molecule has 0 fully saturated rings. The predicted octanol–water partition coefficient (Wildman–Crippen LogP) is 2.35. The van der Waals surface area contributed by atoms with Crippen LogP contribution < -0.4 is 5.32 Å². The van der Waals surface area contributed by atoms with Gasteiger partial charge >= 0.3 is 0 Å². The van der Waals surface area contributed by atoms with Crippen molar-refractivity contribution in [2.24, 2.45) is 7.05 Å². The van der Waals surface area contributed by atoms with Gasteiger partial charge in [-0.25, -0.2) is 0 Å². The van der Waals surface area contributed by atoms with Crippen molar-refractivity contribution in [1.82, 2.24) is 9.78 Å². The quantitative estimate of drug-likeness (QED) is 0.698. The molecule has 0 bridgehead atoms. The molecule has 2 aromatic rings. The molecular formula is C17H19N3O2. The lowest BCUT2D eigenvalue weighted by molar-refractivity contribution is -0.112. The second kappa shape index (κ2) is 5.40. The zero-order chi connectivity index (χ0) is 15.9.